The normalized spacial score (nSPS) is 13.1. The standard InChI is InChI=1S/C9H14Se/c1-10(2,3)9-7-5-4-6-8-9/h4-8H,1-3H3. The molecule has 0 saturated carbocycles. The molecule has 1 rings (SSSR count). The molecule has 0 nitrogen and oxygen atoms in total. The van der Waals surface area contributed by atoms with Gasteiger partial charge in [0.05, 0.1) is 0 Å². The Morgan fingerprint density at radius 1 is 0.900 bits per heavy atom. The van der Waals surface area contributed by atoms with Crippen molar-refractivity contribution in [3.63, 3.8) is 0 Å². The van der Waals surface area contributed by atoms with Crippen molar-refractivity contribution in [1.29, 1.82) is 0 Å². The van der Waals surface area contributed by atoms with E-state index in [-0.39, 0.29) is 0 Å². The molecule has 0 spiro atoms. The van der Waals surface area contributed by atoms with Crippen LogP contribution in [-0.2, 0) is 0 Å². The molecule has 0 saturated heterocycles. The van der Waals surface area contributed by atoms with E-state index in [0.29, 0.717) is 0 Å². The van der Waals surface area contributed by atoms with E-state index in [1.807, 2.05) is 0 Å². The number of rotatable bonds is 1. The van der Waals surface area contributed by atoms with Crippen LogP contribution >= 0.6 is 0 Å². The molecule has 1 aromatic carbocycles. The van der Waals surface area contributed by atoms with Gasteiger partial charge in [-0.1, -0.05) is 0 Å². The summed E-state index contributed by atoms with van der Waals surface area (Å²) in [7, 11) is 0. The van der Waals surface area contributed by atoms with E-state index in [2.05, 4.69) is 47.8 Å². The minimum absolute atomic E-state index is 1.20. The summed E-state index contributed by atoms with van der Waals surface area (Å²) in [4.78, 5) is 0. The summed E-state index contributed by atoms with van der Waals surface area (Å²) in [6.07, 6.45) is 0. The van der Waals surface area contributed by atoms with Crippen LogP contribution in [0.4, 0.5) is 0 Å². The van der Waals surface area contributed by atoms with E-state index in [4.69, 9.17) is 0 Å². The minimum atomic E-state index is -1.20. The molecule has 0 N–H and O–H groups in total. The summed E-state index contributed by atoms with van der Waals surface area (Å²) in [5, 5.41) is 0. The zero-order valence-electron chi connectivity index (χ0n) is 6.79. The Morgan fingerprint density at radius 3 is 1.70 bits per heavy atom. The van der Waals surface area contributed by atoms with Crippen molar-refractivity contribution in [3.05, 3.63) is 30.3 Å². The Hall–Kier alpha value is -0.261. The number of benzene rings is 1. The van der Waals surface area contributed by atoms with Crippen LogP contribution in [0.25, 0.3) is 0 Å². The molecular weight excluding hydrogens is 187 g/mol. The van der Waals surface area contributed by atoms with Gasteiger partial charge in [-0.3, -0.25) is 0 Å². The van der Waals surface area contributed by atoms with Gasteiger partial charge in [-0.05, 0) is 0 Å². The molecule has 0 heterocycles. The number of hydrogen-bond acceptors (Lipinski definition) is 0. The van der Waals surface area contributed by atoms with Crippen molar-refractivity contribution in [2.75, 3.05) is 0 Å². The summed E-state index contributed by atoms with van der Waals surface area (Å²) in [6, 6.07) is 10.8. The van der Waals surface area contributed by atoms with Gasteiger partial charge in [0, 0.05) is 0 Å². The predicted octanol–water partition coefficient (Wildman–Crippen LogP) is 2.23. The van der Waals surface area contributed by atoms with Gasteiger partial charge in [0.25, 0.3) is 0 Å². The predicted molar refractivity (Wildman–Crippen MR) is 49.4 cm³/mol. The molecule has 0 atom stereocenters. The van der Waals surface area contributed by atoms with E-state index in [1.54, 1.807) is 4.46 Å². The molecule has 0 fully saturated rings. The van der Waals surface area contributed by atoms with E-state index < -0.39 is 12.8 Å². The maximum absolute atomic E-state index is 2.38. The van der Waals surface area contributed by atoms with Crippen LogP contribution in [-0.4, -0.2) is 12.8 Å². The van der Waals surface area contributed by atoms with E-state index in [9.17, 15) is 0 Å². The Labute approximate surface area is 65.5 Å². The molecular formula is C9H14Se. The van der Waals surface area contributed by atoms with Gasteiger partial charge in [0.15, 0.2) is 0 Å². The molecule has 1 heteroatoms. The van der Waals surface area contributed by atoms with Crippen molar-refractivity contribution in [3.8, 4) is 0 Å². The molecule has 0 aliphatic carbocycles. The van der Waals surface area contributed by atoms with Crippen molar-refractivity contribution >= 4 is 17.3 Å². The molecule has 56 valence electrons. The first-order valence-corrected chi connectivity index (χ1v) is 9.34. The Balaban J connectivity index is 2.97. The summed E-state index contributed by atoms with van der Waals surface area (Å²) in [6.45, 7) is 0. The Bertz CT molecular complexity index is 196. The van der Waals surface area contributed by atoms with Gasteiger partial charge in [-0.25, -0.2) is 0 Å². The van der Waals surface area contributed by atoms with Gasteiger partial charge >= 0.3 is 65.1 Å². The quantitative estimate of drug-likeness (QED) is 0.611. The first-order valence-electron chi connectivity index (χ1n) is 3.34. The van der Waals surface area contributed by atoms with Crippen LogP contribution in [0.15, 0.2) is 30.3 Å². The third kappa shape index (κ3) is 1.86. The molecule has 10 heavy (non-hydrogen) atoms. The first-order chi connectivity index (χ1) is 4.61. The molecule has 0 unspecified atom stereocenters. The van der Waals surface area contributed by atoms with Crippen LogP contribution in [0, 0.1) is 0 Å². The second-order valence-electron chi connectivity index (χ2n) is 3.15. The maximum atomic E-state index is 2.38. The van der Waals surface area contributed by atoms with Gasteiger partial charge in [-0.15, -0.1) is 0 Å². The van der Waals surface area contributed by atoms with Crippen LogP contribution in [0.2, 0.25) is 17.5 Å². The molecule has 1 aromatic rings. The van der Waals surface area contributed by atoms with Crippen LogP contribution in [0.1, 0.15) is 0 Å². The average Bonchev–Trinajstić information content (AvgIpc) is 1.88. The average molecular weight is 201 g/mol. The van der Waals surface area contributed by atoms with Crippen LogP contribution in [0.3, 0.4) is 0 Å². The van der Waals surface area contributed by atoms with E-state index >= 15 is 0 Å². The fourth-order valence-corrected chi connectivity index (χ4v) is 2.87. The first kappa shape index (κ1) is 7.84. The fourth-order valence-electron chi connectivity index (χ4n) is 0.829. The summed E-state index contributed by atoms with van der Waals surface area (Å²) in [5.41, 5.74) is 0. The van der Waals surface area contributed by atoms with Gasteiger partial charge in [0.2, 0.25) is 0 Å². The van der Waals surface area contributed by atoms with Crippen molar-refractivity contribution < 1.29 is 0 Å². The molecule has 0 aliphatic rings. The molecule has 0 aromatic heterocycles. The zero-order chi connectivity index (χ0) is 7.61. The van der Waals surface area contributed by atoms with E-state index in [1.165, 1.54) is 0 Å². The Kier molecular flexibility index (Phi) is 2.17. The van der Waals surface area contributed by atoms with Crippen LogP contribution < -0.4 is 4.46 Å². The molecule has 0 amide bonds. The van der Waals surface area contributed by atoms with Gasteiger partial charge in [0.1, 0.15) is 0 Å². The third-order valence-corrected chi connectivity index (χ3v) is 4.99. The van der Waals surface area contributed by atoms with Crippen molar-refractivity contribution in [1.82, 2.24) is 0 Å². The van der Waals surface area contributed by atoms with Crippen LogP contribution in [0.5, 0.6) is 0 Å². The summed E-state index contributed by atoms with van der Waals surface area (Å²) in [5.74, 6) is 7.14. The molecule has 0 bridgehead atoms. The molecule has 0 radical (unpaired) electrons. The van der Waals surface area contributed by atoms with Crippen molar-refractivity contribution in [2.24, 2.45) is 0 Å². The summed E-state index contributed by atoms with van der Waals surface area (Å²) < 4.78 is 1.55. The van der Waals surface area contributed by atoms with Crippen molar-refractivity contribution in [2.45, 2.75) is 17.5 Å². The van der Waals surface area contributed by atoms with Gasteiger partial charge in [-0.2, -0.15) is 0 Å². The second kappa shape index (κ2) is 2.77. The topological polar surface area (TPSA) is 0 Å². The summed E-state index contributed by atoms with van der Waals surface area (Å²) >= 11 is -1.20. The zero-order valence-corrected chi connectivity index (χ0v) is 8.51. The fraction of sp³-hybridized carbons (Fsp3) is 0.333. The molecule has 0 aliphatic heterocycles. The Morgan fingerprint density at radius 2 is 1.40 bits per heavy atom. The second-order valence-corrected chi connectivity index (χ2v) is 11.8. The number of hydrogen-bond donors (Lipinski definition) is 0. The van der Waals surface area contributed by atoms with E-state index in [0.717, 1.165) is 0 Å². The third-order valence-electron chi connectivity index (χ3n) is 1.45. The monoisotopic (exact) mass is 202 g/mol. The van der Waals surface area contributed by atoms with Gasteiger partial charge < -0.3 is 0 Å². The SMILES string of the molecule is C[Se](C)(C)c1ccccc1.